The molecule has 0 saturated carbocycles. The summed E-state index contributed by atoms with van der Waals surface area (Å²) >= 11 is 1.60. The normalized spacial score (nSPS) is 14.1. The Labute approximate surface area is 178 Å². The smallest absolute Gasteiger partial charge is 0.254 e. The molecule has 8 heteroatoms. The molecule has 0 bridgehead atoms. The van der Waals surface area contributed by atoms with Crippen LogP contribution in [0.2, 0.25) is 0 Å². The van der Waals surface area contributed by atoms with Crippen LogP contribution < -0.4 is 0 Å². The number of fused-ring (bicyclic) bond motifs is 3. The maximum Gasteiger partial charge on any atom is 0.254 e. The minimum Gasteiger partial charge on any atom is -0.333 e. The van der Waals surface area contributed by atoms with Crippen LogP contribution in [0.1, 0.15) is 20.9 Å². The fourth-order valence-corrected chi connectivity index (χ4v) is 5.55. The summed E-state index contributed by atoms with van der Waals surface area (Å²) in [6.45, 7) is 1.26. The van der Waals surface area contributed by atoms with Gasteiger partial charge in [-0.25, -0.2) is 13.4 Å². The summed E-state index contributed by atoms with van der Waals surface area (Å²) < 4.78 is 25.4. The number of hydrogen-bond acceptors (Lipinski definition) is 5. The van der Waals surface area contributed by atoms with Crippen LogP contribution in [0.25, 0.3) is 16.2 Å². The van der Waals surface area contributed by atoms with Gasteiger partial charge in [-0.1, -0.05) is 41.7 Å². The van der Waals surface area contributed by atoms with E-state index in [9.17, 15) is 13.2 Å². The second-order valence-electron chi connectivity index (χ2n) is 7.39. The van der Waals surface area contributed by atoms with Crippen LogP contribution in [0, 0.1) is 0 Å². The molecule has 152 valence electrons. The quantitative estimate of drug-likeness (QED) is 0.490. The molecule has 0 spiro atoms. The first kappa shape index (κ1) is 19.0. The highest BCUT2D eigenvalue weighted by Gasteiger charge is 2.26. The molecule has 30 heavy (non-hydrogen) atoms. The number of hydrogen-bond donors (Lipinski definition) is 0. The molecule has 5 rings (SSSR count). The van der Waals surface area contributed by atoms with Crippen molar-refractivity contribution < 1.29 is 13.2 Å². The average molecular weight is 438 g/mol. The molecular weight excluding hydrogens is 418 g/mol. The summed E-state index contributed by atoms with van der Waals surface area (Å²) in [5, 5.41) is 0. The van der Waals surface area contributed by atoms with E-state index in [4.69, 9.17) is 4.98 Å². The summed E-state index contributed by atoms with van der Waals surface area (Å²) in [4.78, 5) is 21.7. The molecule has 0 unspecified atom stereocenters. The van der Waals surface area contributed by atoms with Gasteiger partial charge in [0.25, 0.3) is 5.91 Å². The molecule has 0 radical (unpaired) electrons. The van der Waals surface area contributed by atoms with E-state index in [0.717, 1.165) is 27.5 Å². The Morgan fingerprint density at radius 2 is 1.80 bits per heavy atom. The molecule has 6 nitrogen and oxygen atoms in total. The highest BCUT2D eigenvalue weighted by Crippen LogP contribution is 2.32. The van der Waals surface area contributed by atoms with Gasteiger partial charge >= 0.3 is 0 Å². The zero-order valence-electron chi connectivity index (χ0n) is 16.3. The average Bonchev–Trinajstić information content (AvgIpc) is 3.31. The van der Waals surface area contributed by atoms with Gasteiger partial charge < -0.3 is 4.90 Å². The van der Waals surface area contributed by atoms with Gasteiger partial charge in [-0.15, -0.1) is 0 Å². The number of nitrogens with zero attached hydrogens (tertiary/aromatic N) is 3. The first-order chi connectivity index (χ1) is 14.4. The number of benzene rings is 2. The lowest BCUT2D eigenvalue weighted by Crippen LogP contribution is -2.35. The molecule has 2 aromatic carbocycles. The Balaban J connectivity index is 1.42. The predicted octanol–water partition coefficient (Wildman–Crippen LogP) is 3.66. The second-order valence-corrected chi connectivity index (χ2v) is 10.5. The largest absolute Gasteiger partial charge is 0.333 e. The molecule has 2 aromatic heterocycles. The van der Waals surface area contributed by atoms with Crippen LogP contribution in [-0.4, -0.2) is 41.4 Å². The van der Waals surface area contributed by atoms with Crippen molar-refractivity contribution in [3.8, 4) is 11.3 Å². The Kier molecular flexibility index (Phi) is 4.48. The number of carbonyl (C=O) groups excluding carboxylic acids is 1. The van der Waals surface area contributed by atoms with E-state index in [0.29, 0.717) is 23.5 Å². The Bertz CT molecular complexity index is 1350. The second kappa shape index (κ2) is 7.07. The van der Waals surface area contributed by atoms with Crippen molar-refractivity contribution in [1.82, 2.24) is 14.3 Å². The van der Waals surface area contributed by atoms with Crippen molar-refractivity contribution in [2.75, 3.05) is 12.8 Å². The van der Waals surface area contributed by atoms with Crippen LogP contribution in [0.3, 0.4) is 0 Å². The monoisotopic (exact) mass is 437 g/mol. The zero-order valence-corrected chi connectivity index (χ0v) is 17.9. The number of amides is 1. The minimum atomic E-state index is -3.22. The maximum atomic E-state index is 12.8. The highest BCUT2D eigenvalue weighted by atomic mass is 32.2. The predicted molar refractivity (Wildman–Crippen MR) is 117 cm³/mol. The van der Waals surface area contributed by atoms with Crippen LogP contribution in [0.5, 0.6) is 0 Å². The van der Waals surface area contributed by atoms with E-state index in [1.165, 1.54) is 11.9 Å². The summed E-state index contributed by atoms with van der Waals surface area (Å²) in [5.41, 5.74) is 3.59. The van der Waals surface area contributed by atoms with E-state index >= 15 is 0 Å². The van der Waals surface area contributed by atoms with Crippen molar-refractivity contribution in [3.05, 3.63) is 76.9 Å². The van der Waals surface area contributed by atoms with Gasteiger partial charge in [0.2, 0.25) is 0 Å². The molecule has 4 aromatic rings. The molecule has 0 fully saturated rings. The van der Waals surface area contributed by atoms with Crippen molar-refractivity contribution in [2.24, 2.45) is 0 Å². The molecule has 0 saturated heterocycles. The van der Waals surface area contributed by atoms with Gasteiger partial charge in [0, 0.05) is 47.1 Å². The molecule has 0 aliphatic carbocycles. The number of rotatable bonds is 3. The minimum absolute atomic E-state index is 0.0546. The van der Waals surface area contributed by atoms with Crippen molar-refractivity contribution in [1.29, 1.82) is 0 Å². The van der Waals surface area contributed by atoms with Gasteiger partial charge in [-0.05, 0) is 24.3 Å². The van der Waals surface area contributed by atoms with E-state index in [2.05, 4.69) is 4.40 Å². The zero-order chi connectivity index (χ0) is 20.9. The van der Waals surface area contributed by atoms with Crippen LogP contribution >= 0.6 is 11.3 Å². The summed E-state index contributed by atoms with van der Waals surface area (Å²) in [5.74, 6) is 0.0546. The Hall–Kier alpha value is -2.97. The van der Waals surface area contributed by atoms with Crippen LogP contribution in [0.4, 0.5) is 0 Å². The summed E-state index contributed by atoms with van der Waals surface area (Å²) in [6.07, 6.45) is 3.97. The molecule has 3 heterocycles. The number of thiazole rings is 1. The fourth-order valence-electron chi connectivity index (χ4n) is 3.76. The number of imidazole rings is 1. The van der Waals surface area contributed by atoms with Gasteiger partial charge in [-0.2, -0.15) is 0 Å². The lowest BCUT2D eigenvalue weighted by atomic mass is 10.1. The third kappa shape index (κ3) is 3.32. The first-order valence-electron chi connectivity index (χ1n) is 9.54. The molecule has 1 amide bonds. The molecule has 1 aliphatic rings. The number of aromatic nitrogens is 2. The molecule has 0 N–H and O–H groups in total. The first-order valence-corrected chi connectivity index (χ1v) is 12.3. The highest BCUT2D eigenvalue weighted by molar-refractivity contribution is 7.90. The Morgan fingerprint density at radius 1 is 1.07 bits per heavy atom. The molecular formula is C22H19N3O3S2. The number of carbonyl (C=O) groups is 1. The third-order valence-electron chi connectivity index (χ3n) is 5.34. The third-order valence-corrected chi connectivity index (χ3v) is 7.55. The van der Waals surface area contributed by atoms with Crippen LogP contribution in [-0.2, 0) is 22.8 Å². The van der Waals surface area contributed by atoms with Crippen molar-refractivity contribution >= 4 is 32.0 Å². The summed E-state index contributed by atoms with van der Waals surface area (Å²) in [6, 6.07) is 16.2. The number of sulfone groups is 1. The Morgan fingerprint density at radius 3 is 2.50 bits per heavy atom. The van der Waals surface area contributed by atoms with Gasteiger partial charge in [-0.3, -0.25) is 9.20 Å². The molecule has 1 aliphatic heterocycles. The van der Waals surface area contributed by atoms with Gasteiger partial charge in [0.15, 0.2) is 14.8 Å². The van der Waals surface area contributed by atoms with Crippen molar-refractivity contribution in [2.45, 2.75) is 17.9 Å². The standard InChI is InChI=1S/C22H19N3O3S2/c1-30(27,28)17-9-7-15(8-10-17)18-13-25-19-11-12-24(14-20(19)29-22(25)23-18)21(26)16-5-3-2-4-6-16/h2-10,13H,11-12,14H2,1H3. The summed E-state index contributed by atoms with van der Waals surface area (Å²) in [7, 11) is -3.22. The van der Waals surface area contributed by atoms with Gasteiger partial charge in [0.1, 0.15) is 0 Å². The van der Waals surface area contributed by atoms with E-state index in [-0.39, 0.29) is 5.91 Å². The fraction of sp³-hybridized carbons (Fsp3) is 0.182. The molecule has 0 atom stereocenters. The van der Waals surface area contributed by atoms with E-state index in [1.807, 2.05) is 41.4 Å². The van der Waals surface area contributed by atoms with Crippen molar-refractivity contribution in [3.63, 3.8) is 0 Å². The van der Waals surface area contributed by atoms with Crippen LogP contribution in [0.15, 0.2) is 65.7 Å². The van der Waals surface area contributed by atoms with E-state index < -0.39 is 9.84 Å². The topological polar surface area (TPSA) is 71.8 Å². The van der Waals surface area contributed by atoms with Gasteiger partial charge in [0.05, 0.1) is 17.1 Å². The maximum absolute atomic E-state index is 12.8. The lowest BCUT2D eigenvalue weighted by molar-refractivity contribution is 0.0736. The lowest BCUT2D eigenvalue weighted by Gasteiger charge is -2.26. The SMILES string of the molecule is CS(=O)(=O)c1ccc(-c2cn3c4c(sc3n2)CN(C(=O)c2ccccc2)CC4)cc1. The van der Waals surface area contributed by atoms with E-state index in [1.54, 1.807) is 35.6 Å².